The second-order valence-corrected chi connectivity index (χ2v) is 3.46. The molecule has 0 radical (unpaired) electrons. The lowest BCUT2D eigenvalue weighted by atomic mass is 10.2. The molecule has 0 aliphatic carbocycles. The van der Waals surface area contributed by atoms with Gasteiger partial charge < -0.3 is 15.2 Å². The number of amides is 1. The van der Waals surface area contributed by atoms with Crippen LogP contribution in [0, 0.1) is 0 Å². The van der Waals surface area contributed by atoms with Crippen LogP contribution >= 0.6 is 0 Å². The summed E-state index contributed by atoms with van der Waals surface area (Å²) < 4.78 is 27.9. The number of rotatable bonds is 5. The van der Waals surface area contributed by atoms with Gasteiger partial charge in [-0.3, -0.25) is 4.79 Å². The van der Waals surface area contributed by atoms with Gasteiger partial charge in [0, 0.05) is 11.6 Å². The number of carbonyl (C=O) groups is 1. The van der Waals surface area contributed by atoms with Crippen LogP contribution in [0.15, 0.2) is 24.3 Å². The first-order valence-electron chi connectivity index (χ1n) is 4.99. The van der Waals surface area contributed by atoms with Gasteiger partial charge in [-0.15, -0.1) is 0 Å². The smallest absolute Gasteiger partial charge is 0.387 e. The summed E-state index contributed by atoms with van der Waals surface area (Å²) in [6, 6.07) is 4.95. The van der Waals surface area contributed by atoms with Gasteiger partial charge in [-0.2, -0.15) is 8.78 Å². The fourth-order valence-corrected chi connectivity index (χ4v) is 1.14. The van der Waals surface area contributed by atoms with Gasteiger partial charge in [0.15, 0.2) is 0 Å². The third-order valence-electron chi connectivity index (χ3n) is 1.99. The van der Waals surface area contributed by atoms with Gasteiger partial charge >= 0.3 is 6.61 Å². The van der Waals surface area contributed by atoms with Gasteiger partial charge in [0.1, 0.15) is 5.75 Å². The van der Waals surface area contributed by atoms with Gasteiger partial charge in [-0.1, -0.05) is 0 Å². The number of benzene rings is 1. The highest BCUT2D eigenvalue weighted by molar-refractivity contribution is 5.94. The molecule has 0 saturated heterocycles. The van der Waals surface area contributed by atoms with Gasteiger partial charge in [-0.05, 0) is 31.2 Å². The molecule has 4 nitrogen and oxygen atoms in total. The number of aliphatic hydroxyl groups is 1. The molecule has 2 N–H and O–H groups in total. The predicted molar refractivity (Wildman–Crippen MR) is 57.1 cm³/mol. The number of aliphatic hydroxyl groups excluding tert-OH is 1. The molecule has 17 heavy (non-hydrogen) atoms. The quantitative estimate of drug-likeness (QED) is 0.824. The van der Waals surface area contributed by atoms with Crippen molar-refractivity contribution in [3.05, 3.63) is 29.8 Å². The van der Waals surface area contributed by atoms with Crippen molar-refractivity contribution < 1.29 is 23.4 Å². The molecule has 1 aromatic rings. The summed E-state index contributed by atoms with van der Waals surface area (Å²) in [5, 5.41) is 11.3. The number of ether oxygens (including phenoxy) is 1. The Hall–Kier alpha value is -1.69. The van der Waals surface area contributed by atoms with E-state index in [1.54, 1.807) is 6.92 Å². The minimum atomic E-state index is -2.89. The molecule has 1 amide bonds. The van der Waals surface area contributed by atoms with Crippen LogP contribution in [-0.2, 0) is 0 Å². The highest BCUT2D eigenvalue weighted by atomic mass is 19.3. The molecule has 0 aromatic heterocycles. The number of hydrogen-bond donors (Lipinski definition) is 2. The summed E-state index contributed by atoms with van der Waals surface area (Å²) in [4.78, 5) is 11.5. The van der Waals surface area contributed by atoms with E-state index in [0.29, 0.717) is 5.56 Å². The summed E-state index contributed by atoms with van der Waals surface area (Å²) in [6.07, 6.45) is 0. The maximum Gasteiger partial charge on any atom is 0.387 e. The van der Waals surface area contributed by atoms with Crippen molar-refractivity contribution in [1.82, 2.24) is 5.32 Å². The zero-order valence-corrected chi connectivity index (χ0v) is 9.19. The summed E-state index contributed by atoms with van der Waals surface area (Å²) >= 11 is 0. The predicted octanol–water partition coefficient (Wildman–Crippen LogP) is 1.40. The molecule has 6 heteroatoms. The standard InChI is InChI=1S/C11H13F2NO3/c1-7(6-15)14-10(16)8-2-4-9(5-3-8)17-11(12)13/h2-5,7,11,15H,6H2,1H3,(H,14,16)/t7-/m1/s1. The first kappa shape index (κ1) is 13.4. The van der Waals surface area contributed by atoms with Crippen molar-refractivity contribution in [3.63, 3.8) is 0 Å². The van der Waals surface area contributed by atoms with E-state index in [1.165, 1.54) is 24.3 Å². The molecule has 0 fully saturated rings. The van der Waals surface area contributed by atoms with E-state index in [2.05, 4.69) is 10.1 Å². The molecular formula is C11H13F2NO3. The molecular weight excluding hydrogens is 232 g/mol. The van der Waals surface area contributed by atoms with Crippen LogP contribution in [0.2, 0.25) is 0 Å². The monoisotopic (exact) mass is 245 g/mol. The van der Waals surface area contributed by atoms with Crippen LogP contribution in [0.5, 0.6) is 5.75 Å². The van der Waals surface area contributed by atoms with Gasteiger partial charge in [-0.25, -0.2) is 0 Å². The number of hydrogen-bond acceptors (Lipinski definition) is 3. The van der Waals surface area contributed by atoms with Crippen molar-refractivity contribution in [3.8, 4) is 5.75 Å². The Bertz CT molecular complexity index is 367. The van der Waals surface area contributed by atoms with Gasteiger partial charge in [0.2, 0.25) is 0 Å². The van der Waals surface area contributed by atoms with E-state index in [9.17, 15) is 13.6 Å². The molecule has 0 spiro atoms. The molecule has 0 aliphatic rings. The van der Waals surface area contributed by atoms with Crippen molar-refractivity contribution >= 4 is 5.91 Å². The van der Waals surface area contributed by atoms with Crippen molar-refractivity contribution in [2.75, 3.05) is 6.61 Å². The van der Waals surface area contributed by atoms with Crippen LogP contribution in [0.3, 0.4) is 0 Å². The Morgan fingerprint density at radius 2 is 2.00 bits per heavy atom. The largest absolute Gasteiger partial charge is 0.435 e. The third kappa shape index (κ3) is 4.36. The number of halogens is 2. The van der Waals surface area contributed by atoms with Crippen molar-refractivity contribution in [2.24, 2.45) is 0 Å². The fraction of sp³-hybridized carbons (Fsp3) is 0.364. The maximum absolute atomic E-state index is 11.9. The van der Waals surface area contributed by atoms with Crippen LogP contribution in [0.1, 0.15) is 17.3 Å². The van der Waals surface area contributed by atoms with E-state index in [1.807, 2.05) is 0 Å². The molecule has 1 rings (SSSR count). The maximum atomic E-state index is 11.9. The Kier molecular flexibility index (Phi) is 4.84. The minimum absolute atomic E-state index is 0.00763. The normalized spacial score (nSPS) is 12.3. The second-order valence-electron chi connectivity index (χ2n) is 3.46. The Morgan fingerprint density at radius 3 is 2.47 bits per heavy atom. The molecule has 0 saturated carbocycles. The van der Waals surface area contributed by atoms with Crippen LogP contribution in [-0.4, -0.2) is 30.3 Å². The van der Waals surface area contributed by atoms with E-state index in [0.717, 1.165) is 0 Å². The fourth-order valence-electron chi connectivity index (χ4n) is 1.14. The topological polar surface area (TPSA) is 58.6 Å². The molecule has 0 unspecified atom stereocenters. The Labute approximate surface area is 97.2 Å². The molecule has 1 aromatic carbocycles. The van der Waals surface area contributed by atoms with Crippen molar-refractivity contribution in [1.29, 1.82) is 0 Å². The number of alkyl halides is 2. The average Bonchev–Trinajstić information content (AvgIpc) is 2.28. The van der Waals surface area contributed by atoms with E-state index >= 15 is 0 Å². The SMILES string of the molecule is C[C@H](CO)NC(=O)c1ccc(OC(F)F)cc1. The zero-order chi connectivity index (χ0) is 12.8. The van der Waals surface area contributed by atoms with E-state index in [-0.39, 0.29) is 24.3 Å². The lowest BCUT2D eigenvalue weighted by Gasteiger charge is -2.11. The molecule has 94 valence electrons. The Morgan fingerprint density at radius 1 is 1.41 bits per heavy atom. The molecule has 0 bridgehead atoms. The highest BCUT2D eigenvalue weighted by Crippen LogP contribution is 2.14. The van der Waals surface area contributed by atoms with Gasteiger partial charge in [0.05, 0.1) is 6.61 Å². The van der Waals surface area contributed by atoms with Gasteiger partial charge in [0.25, 0.3) is 5.91 Å². The summed E-state index contributed by atoms with van der Waals surface area (Å²) in [5.41, 5.74) is 0.312. The van der Waals surface area contributed by atoms with Crippen LogP contribution < -0.4 is 10.1 Å². The first-order valence-corrected chi connectivity index (χ1v) is 4.99. The van der Waals surface area contributed by atoms with Crippen LogP contribution in [0.4, 0.5) is 8.78 Å². The second kappa shape index (κ2) is 6.15. The van der Waals surface area contributed by atoms with Crippen LogP contribution in [0.25, 0.3) is 0 Å². The lowest BCUT2D eigenvalue weighted by Crippen LogP contribution is -2.34. The van der Waals surface area contributed by atoms with Crippen molar-refractivity contribution in [2.45, 2.75) is 19.6 Å². The first-order chi connectivity index (χ1) is 8.02. The lowest BCUT2D eigenvalue weighted by molar-refractivity contribution is -0.0498. The summed E-state index contributed by atoms with van der Waals surface area (Å²) in [5.74, 6) is -0.387. The average molecular weight is 245 g/mol. The molecule has 1 atom stereocenters. The zero-order valence-electron chi connectivity index (χ0n) is 9.19. The number of carbonyl (C=O) groups excluding carboxylic acids is 1. The summed E-state index contributed by atoms with van der Waals surface area (Å²) in [6.45, 7) is -1.41. The molecule has 0 aliphatic heterocycles. The Balaban J connectivity index is 2.64. The molecule has 0 heterocycles. The third-order valence-corrected chi connectivity index (χ3v) is 1.99. The number of nitrogens with one attached hydrogen (secondary N) is 1. The van der Waals surface area contributed by atoms with E-state index < -0.39 is 6.61 Å². The highest BCUT2D eigenvalue weighted by Gasteiger charge is 2.10. The van der Waals surface area contributed by atoms with E-state index in [4.69, 9.17) is 5.11 Å². The minimum Gasteiger partial charge on any atom is -0.435 e. The summed E-state index contributed by atoms with van der Waals surface area (Å²) in [7, 11) is 0.